The highest BCUT2D eigenvalue weighted by Crippen LogP contribution is 2.33. The maximum absolute atomic E-state index is 13.1. The van der Waals surface area contributed by atoms with Crippen molar-refractivity contribution in [2.45, 2.75) is 24.9 Å². The van der Waals surface area contributed by atoms with Crippen LogP contribution in [-0.2, 0) is 6.18 Å². The lowest BCUT2D eigenvalue weighted by molar-refractivity contribution is -0.137. The van der Waals surface area contributed by atoms with Gasteiger partial charge in [0.05, 0.1) is 17.7 Å². The number of nitrogens with zero attached hydrogens (tertiary/aromatic N) is 4. The second kappa shape index (κ2) is 11.3. The zero-order valence-electron chi connectivity index (χ0n) is 21.5. The minimum absolute atomic E-state index is 0.0216. The number of thiazole rings is 1. The van der Waals surface area contributed by atoms with Crippen LogP contribution in [0, 0.1) is 0 Å². The fourth-order valence-electron chi connectivity index (χ4n) is 5.05. The molecule has 2 aliphatic rings. The van der Waals surface area contributed by atoms with Gasteiger partial charge in [-0.15, -0.1) is 11.3 Å². The van der Waals surface area contributed by atoms with Crippen LogP contribution in [0.5, 0.6) is 5.75 Å². The Morgan fingerprint density at radius 2 is 1.62 bits per heavy atom. The van der Waals surface area contributed by atoms with Crippen LogP contribution in [-0.4, -0.2) is 73.0 Å². The lowest BCUT2D eigenvalue weighted by Gasteiger charge is -2.36. The summed E-state index contributed by atoms with van der Waals surface area (Å²) in [5.74, 6) is 0.648. The molecule has 0 saturated carbocycles. The van der Waals surface area contributed by atoms with E-state index in [1.165, 1.54) is 17.4 Å². The fourth-order valence-corrected chi connectivity index (χ4v) is 6.02. The monoisotopic (exact) mass is 558 g/mol. The van der Waals surface area contributed by atoms with E-state index in [0.717, 1.165) is 30.0 Å². The number of rotatable bonds is 5. The Morgan fingerprint density at radius 3 is 2.31 bits per heavy atom. The molecule has 7 nitrogen and oxygen atoms in total. The summed E-state index contributed by atoms with van der Waals surface area (Å²) in [4.78, 5) is 36.1. The third-order valence-corrected chi connectivity index (χ3v) is 8.30. The van der Waals surface area contributed by atoms with Crippen LogP contribution in [0.1, 0.15) is 50.2 Å². The largest absolute Gasteiger partial charge is 0.497 e. The summed E-state index contributed by atoms with van der Waals surface area (Å²) in [6.07, 6.45) is -2.85. The number of anilines is 1. The van der Waals surface area contributed by atoms with E-state index >= 15 is 0 Å². The zero-order valence-corrected chi connectivity index (χ0v) is 22.3. The number of likely N-dealkylation sites (tertiary alicyclic amines) is 1. The number of carbonyl (C=O) groups is 2. The van der Waals surface area contributed by atoms with Crippen molar-refractivity contribution in [3.63, 3.8) is 0 Å². The Labute approximate surface area is 228 Å². The van der Waals surface area contributed by atoms with Gasteiger partial charge in [0.1, 0.15) is 11.4 Å². The molecule has 0 radical (unpaired) electrons. The molecule has 3 aromatic rings. The predicted molar refractivity (Wildman–Crippen MR) is 143 cm³/mol. The van der Waals surface area contributed by atoms with Gasteiger partial charge < -0.3 is 19.4 Å². The van der Waals surface area contributed by atoms with Gasteiger partial charge in [-0.25, -0.2) is 4.98 Å². The van der Waals surface area contributed by atoms with Gasteiger partial charge in [0.2, 0.25) is 0 Å². The molecule has 39 heavy (non-hydrogen) atoms. The van der Waals surface area contributed by atoms with E-state index in [1.807, 2.05) is 9.80 Å². The third kappa shape index (κ3) is 6.03. The summed E-state index contributed by atoms with van der Waals surface area (Å²) in [5.41, 5.74) is 0.827. The number of ether oxygens (including phenoxy) is 1. The first kappa shape index (κ1) is 27.0. The highest BCUT2D eigenvalue weighted by atomic mass is 32.1. The number of alkyl halides is 3. The van der Waals surface area contributed by atoms with E-state index in [-0.39, 0.29) is 17.7 Å². The Kier molecular flexibility index (Phi) is 7.79. The van der Waals surface area contributed by atoms with Crippen molar-refractivity contribution >= 4 is 28.8 Å². The lowest BCUT2D eigenvalue weighted by atomic mass is 9.97. The Hall–Kier alpha value is -3.60. The standard InChI is InChI=1S/C28H29F3N4O3S/c1-38-23-7-2-4-20(16-23)26(36)34-10-8-19(9-11-34)25-32-24(18-39-25)27(37)35-14-12-33(13-15-35)22-6-3-5-21(17-22)28(29,30)31/h2-7,16-19H,8-15H2,1H3. The van der Waals surface area contributed by atoms with Crippen LogP contribution in [0.2, 0.25) is 0 Å². The van der Waals surface area contributed by atoms with Gasteiger partial charge in [0, 0.05) is 61.8 Å². The summed E-state index contributed by atoms with van der Waals surface area (Å²) in [6.45, 7) is 2.94. The van der Waals surface area contributed by atoms with Crippen LogP contribution in [0.3, 0.4) is 0 Å². The minimum atomic E-state index is -4.39. The number of hydrogen-bond donors (Lipinski definition) is 0. The van der Waals surface area contributed by atoms with Crippen molar-refractivity contribution in [1.82, 2.24) is 14.8 Å². The van der Waals surface area contributed by atoms with Crippen molar-refractivity contribution in [3.8, 4) is 5.75 Å². The van der Waals surface area contributed by atoms with Crippen molar-refractivity contribution in [3.05, 3.63) is 75.7 Å². The molecule has 2 amide bonds. The molecule has 11 heteroatoms. The molecule has 206 valence electrons. The fraction of sp³-hybridized carbons (Fsp3) is 0.393. The Bertz CT molecular complexity index is 1330. The average molecular weight is 559 g/mol. The van der Waals surface area contributed by atoms with Gasteiger partial charge in [0.15, 0.2) is 0 Å². The molecule has 5 rings (SSSR count). The van der Waals surface area contributed by atoms with E-state index in [0.29, 0.717) is 62.0 Å². The smallest absolute Gasteiger partial charge is 0.416 e. The number of aromatic nitrogens is 1. The molecule has 1 aromatic heterocycles. The van der Waals surface area contributed by atoms with E-state index in [9.17, 15) is 22.8 Å². The lowest BCUT2D eigenvalue weighted by Crippen LogP contribution is -2.49. The van der Waals surface area contributed by atoms with Crippen LogP contribution >= 0.6 is 11.3 Å². The maximum Gasteiger partial charge on any atom is 0.416 e. The maximum atomic E-state index is 13.1. The van der Waals surface area contributed by atoms with Crippen LogP contribution in [0.25, 0.3) is 0 Å². The number of benzene rings is 2. The summed E-state index contributed by atoms with van der Waals surface area (Å²) >= 11 is 1.47. The first-order valence-corrected chi connectivity index (χ1v) is 13.7. The highest BCUT2D eigenvalue weighted by molar-refractivity contribution is 7.09. The molecule has 0 unspecified atom stereocenters. The molecule has 3 heterocycles. The van der Waals surface area contributed by atoms with E-state index in [4.69, 9.17) is 4.74 Å². The first-order valence-electron chi connectivity index (χ1n) is 12.8. The average Bonchev–Trinajstić information content (AvgIpc) is 3.47. The molecule has 0 spiro atoms. The normalized spacial score (nSPS) is 16.9. The zero-order chi connectivity index (χ0) is 27.6. The minimum Gasteiger partial charge on any atom is -0.497 e. The summed E-state index contributed by atoms with van der Waals surface area (Å²) < 4.78 is 44.5. The first-order chi connectivity index (χ1) is 18.7. The molecule has 0 bridgehead atoms. The van der Waals surface area contributed by atoms with Gasteiger partial charge in [-0.2, -0.15) is 13.2 Å². The number of piperazine rings is 1. The van der Waals surface area contributed by atoms with Gasteiger partial charge in [-0.3, -0.25) is 9.59 Å². The van der Waals surface area contributed by atoms with Gasteiger partial charge in [-0.05, 0) is 49.2 Å². The number of halogens is 3. The SMILES string of the molecule is COc1cccc(C(=O)N2CCC(c3nc(C(=O)N4CCN(c5cccc(C(F)(F)F)c5)CC4)cs3)CC2)c1. The number of hydrogen-bond acceptors (Lipinski definition) is 6. The highest BCUT2D eigenvalue weighted by Gasteiger charge is 2.32. The van der Waals surface area contributed by atoms with Crippen LogP contribution in [0.4, 0.5) is 18.9 Å². The Morgan fingerprint density at radius 1 is 0.923 bits per heavy atom. The number of carbonyl (C=O) groups excluding carboxylic acids is 2. The van der Waals surface area contributed by atoms with Gasteiger partial charge in [-0.1, -0.05) is 12.1 Å². The Balaban J connectivity index is 1.14. The number of amides is 2. The van der Waals surface area contributed by atoms with Gasteiger partial charge >= 0.3 is 6.18 Å². The molecule has 2 fully saturated rings. The third-order valence-electron chi connectivity index (χ3n) is 7.29. The van der Waals surface area contributed by atoms with Crippen molar-refractivity contribution < 1.29 is 27.5 Å². The molecule has 2 saturated heterocycles. The van der Waals surface area contributed by atoms with E-state index < -0.39 is 11.7 Å². The summed E-state index contributed by atoms with van der Waals surface area (Å²) in [6, 6.07) is 12.4. The van der Waals surface area contributed by atoms with Crippen LogP contribution in [0.15, 0.2) is 53.9 Å². The number of methoxy groups -OCH3 is 1. The molecule has 2 aliphatic heterocycles. The summed E-state index contributed by atoms with van der Waals surface area (Å²) in [5, 5.41) is 2.68. The van der Waals surface area contributed by atoms with E-state index in [2.05, 4.69) is 4.98 Å². The molecule has 0 N–H and O–H groups in total. The van der Waals surface area contributed by atoms with Crippen molar-refractivity contribution in [2.24, 2.45) is 0 Å². The molecule has 0 atom stereocenters. The van der Waals surface area contributed by atoms with Crippen molar-refractivity contribution in [1.29, 1.82) is 0 Å². The van der Waals surface area contributed by atoms with Crippen molar-refractivity contribution in [2.75, 3.05) is 51.3 Å². The topological polar surface area (TPSA) is 66.0 Å². The van der Waals surface area contributed by atoms with Crippen LogP contribution < -0.4 is 9.64 Å². The van der Waals surface area contributed by atoms with E-state index in [1.54, 1.807) is 47.7 Å². The quantitative estimate of drug-likeness (QED) is 0.433. The number of piperidine rings is 1. The van der Waals surface area contributed by atoms with Gasteiger partial charge in [0.25, 0.3) is 11.8 Å². The molecule has 0 aliphatic carbocycles. The second-order valence-electron chi connectivity index (χ2n) is 9.70. The molecule has 2 aromatic carbocycles. The molecular formula is C28H29F3N4O3S. The predicted octanol–water partition coefficient (Wildman–Crippen LogP) is 5.15. The molecular weight excluding hydrogens is 529 g/mol. The second-order valence-corrected chi connectivity index (χ2v) is 10.6. The summed E-state index contributed by atoms with van der Waals surface area (Å²) in [7, 11) is 1.57.